The number of nitrogens with one attached hydrogen (secondary N) is 2. The number of hydrogen-bond donors (Lipinski definition) is 2. The van der Waals surface area contributed by atoms with E-state index in [0.29, 0.717) is 31.4 Å². The topological polar surface area (TPSA) is 96.6 Å². The molecule has 0 saturated carbocycles. The van der Waals surface area contributed by atoms with E-state index in [9.17, 15) is 8.42 Å². The van der Waals surface area contributed by atoms with Crippen molar-refractivity contribution in [3.63, 3.8) is 0 Å². The maximum atomic E-state index is 12.2. The Labute approximate surface area is 154 Å². The van der Waals surface area contributed by atoms with Crippen molar-refractivity contribution in [3.8, 4) is 0 Å². The summed E-state index contributed by atoms with van der Waals surface area (Å²) in [7, 11) is -1.46. The fourth-order valence-corrected chi connectivity index (χ4v) is 3.82. The molecule has 1 heterocycles. The average Bonchev–Trinajstić information content (AvgIpc) is 2.92. The normalized spacial score (nSPS) is 12.2. The van der Waals surface area contributed by atoms with Crippen molar-refractivity contribution < 1.29 is 12.8 Å². The van der Waals surface area contributed by atoms with Gasteiger partial charge in [-0.15, -0.1) is 0 Å². The second-order valence-corrected chi connectivity index (χ2v) is 8.22. The van der Waals surface area contributed by atoms with Crippen LogP contribution in [0.3, 0.4) is 0 Å². The minimum atomic E-state index is -3.12. The largest absolute Gasteiger partial charge is 0.444 e. The minimum absolute atomic E-state index is 0.0731. The first-order valence-corrected chi connectivity index (χ1v) is 10.3. The minimum Gasteiger partial charge on any atom is -0.444 e. The van der Waals surface area contributed by atoms with Crippen LogP contribution in [0, 0.1) is 13.8 Å². The zero-order valence-corrected chi connectivity index (χ0v) is 16.3. The first-order chi connectivity index (χ1) is 12.4. The van der Waals surface area contributed by atoms with Crippen LogP contribution < -0.4 is 10.6 Å². The molecule has 8 heteroatoms. The molecular weight excluding hydrogens is 352 g/mol. The monoisotopic (exact) mass is 378 g/mol. The maximum absolute atomic E-state index is 12.2. The Hall–Kier alpha value is -2.35. The van der Waals surface area contributed by atoms with E-state index in [2.05, 4.69) is 20.6 Å². The van der Waals surface area contributed by atoms with Crippen LogP contribution in [0.1, 0.15) is 29.3 Å². The molecule has 2 aromatic rings. The number of aliphatic imine (C=N–C) groups is 1. The summed E-state index contributed by atoms with van der Waals surface area (Å²) in [5, 5.41) is 6.20. The van der Waals surface area contributed by atoms with E-state index in [1.54, 1.807) is 7.05 Å². The van der Waals surface area contributed by atoms with Crippen LogP contribution in [0.2, 0.25) is 0 Å². The molecule has 0 spiro atoms. The summed E-state index contributed by atoms with van der Waals surface area (Å²) in [5.41, 5.74) is 1.68. The van der Waals surface area contributed by atoms with Gasteiger partial charge < -0.3 is 15.1 Å². The number of benzene rings is 1. The molecule has 26 heavy (non-hydrogen) atoms. The number of guanidine groups is 1. The lowest BCUT2D eigenvalue weighted by atomic mass is 10.2. The van der Waals surface area contributed by atoms with Gasteiger partial charge in [0.25, 0.3) is 0 Å². The zero-order chi connectivity index (χ0) is 19.0. The molecule has 0 saturated heterocycles. The molecule has 2 rings (SSSR count). The summed E-state index contributed by atoms with van der Waals surface area (Å²) in [5.74, 6) is 2.17. The standard InChI is InChI=1S/C18H26N4O3S/c1-14-15(2)25-17(22-14)12-21-18(19-3)20-10-7-11-26(23,24)13-16-8-5-4-6-9-16/h4-6,8-9H,7,10-13H2,1-3H3,(H2,19,20,21). The smallest absolute Gasteiger partial charge is 0.214 e. The molecule has 0 aliphatic carbocycles. The fraction of sp³-hybridized carbons (Fsp3) is 0.444. The fourth-order valence-electron chi connectivity index (χ4n) is 2.39. The van der Waals surface area contributed by atoms with Crippen LogP contribution in [-0.2, 0) is 22.1 Å². The molecule has 0 amide bonds. The summed E-state index contributed by atoms with van der Waals surface area (Å²) in [6, 6.07) is 9.22. The number of hydrogen-bond acceptors (Lipinski definition) is 5. The van der Waals surface area contributed by atoms with Crippen LogP contribution in [0.25, 0.3) is 0 Å². The Morgan fingerprint density at radius 2 is 1.92 bits per heavy atom. The second-order valence-electron chi connectivity index (χ2n) is 6.03. The summed E-state index contributed by atoms with van der Waals surface area (Å²) in [6.45, 7) is 4.69. The number of aromatic nitrogens is 1. The summed E-state index contributed by atoms with van der Waals surface area (Å²) < 4.78 is 29.8. The van der Waals surface area contributed by atoms with Crippen molar-refractivity contribution in [1.29, 1.82) is 0 Å². The molecule has 0 bridgehead atoms. The van der Waals surface area contributed by atoms with Gasteiger partial charge in [0.15, 0.2) is 15.8 Å². The highest BCUT2D eigenvalue weighted by Gasteiger charge is 2.12. The van der Waals surface area contributed by atoms with Gasteiger partial charge in [-0.25, -0.2) is 13.4 Å². The van der Waals surface area contributed by atoms with Gasteiger partial charge in [0.2, 0.25) is 5.89 Å². The molecule has 7 nitrogen and oxygen atoms in total. The first kappa shape index (κ1) is 20.0. The van der Waals surface area contributed by atoms with Gasteiger partial charge in [-0.2, -0.15) is 0 Å². The van der Waals surface area contributed by atoms with Crippen molar-refractivity contribution in [2.24, 2.45) is 4.99 Å². The van der Waals surface area contributed by atoms with Crippen LogP contribution in [0.5, 0.6) is 0 Å². The number of nitrogens with zero attached hydrogens (tertiary/aromatic N) is 2. The summed E-state index contributed by atoms with van der Waals surface area (Å²) in [6.07, 6.45) is 0.507. The quantitative estimate of drug-likeness (QED) is 0.414. The van der Waals surface area contributed by atoms with Crippen LogP contribution in [-0.4, -0.2) is 38.7 Å². The third-order valence-electron chi connectivity index (χ3n) is 3.86. The van der Waals surface area contributed by atoms with Gasteiger partial charge >= 0.3 is 0 Å². The SMILES string of the molecule is CN=C(NCCCS(=O)(=O)Cc1ccccc1)NCc1nc(C)c(C)o1. The molecule has 1 aromatic carbocycles. The molecule has 142 valence electrons. The molecule has 0 aliphatic heterocycles. The van der Waals surface area contributed by atoms with Gasteiger partial charge in [0.05, 0.1) is 23.7 Å². The van der Waals surface area contributed by atoms with Gasteiger partial charge in [0, 0.05) is 13.6 Å². The molecule has 1 aromatic heterocycles. The predicted octanol–water partition coefficient (Wildman–Crippen LogP) is 1.96. The molecule has 2 N–H and O–H groups in total. The third-order valence-corrected chi connectivity index (χ3v) is 5.54. The zero-order valence-electron chi connectivity index (χ0n) is 15.4. The van der Waals surface area contributed by atoms with Crippen molar-refractivity contribution in [1.82, 2.24) is 15.6 Å². The van der Waals surface area contributed by atoms with Gasteiger partial charge in [-0.1, -0.05) is 30.3 Å². The van der Waals surface area contributed by atoms with Crippen molar-refractivity contribution in [2.75, 3.05) is 19.3 Å². The average molecular weight is 378 g/mol. The second kappa shape index (κ2) is 9.38. The molecular formula is C18H26N4O3S. The van der Waals surface area contributed by atoms with E-state index in [1.807, 2.05) is 44.2 Å². The first-order valence-electron chi connectivity index (χ1n) is 8.51. The van der Waals surface area contributed by atoms with Crippen molar-refractivity contribution in [3.05, 3.63) is 53.2 Å². The summed E-state index contributed by atoms with van der Waals surface area (Å²) in [4.78, 5) is 8.40. The highest BCUT2D eigenvalue weighted by atomic mass is 32.2. The van der Waals surface area contributed by atoms with Gasteiger partial charge in [-0.05, 0) is 25.8 Å². The van der Waals surface area contributed by atoms with Crippen LogP contribution in [0.15, 0.2) is 39.7 Å². The maximum Gasteiger partial charge on any atom is 0.214 e. The van der Waals surface area contributed by atoms with E-state index in [1.165, 1.54) is 0 Å². The molecule has 0 unspecified atom stereocenters. The molecule has 0 atom stereocenters. The Kier molecular flexibility index (Phi) is 7.20. The Bertz CT molecular complexity index is 810. The van der Waals surface area contributed by atoms with Crippen LogP contribution in [0.4, 0.5) is 0 Å². The number of rotatable bonds is 8. The van der Waals surface area contributed by atoms with E-state index < -0.39 is 9.84 Å². The number of sulfone groups is 1. The van der Waals surface area contributed by atoms with E-state index in [0.717, 1.165) is 17.0 Å². The Morgan fingerprint density at radius 1 is 1.19 bits per heavy atom. The van der Waals surface area contributed by atoms with Crippen molar-refractivity contribution >= 4 is 15.8 Å². The Balaban J connectivity index is 1.71. The molecule has 0 aliphatic rings. The highest BCUT2D eigenvalue weighted by Crippen LogP contribution is 2.08. The third kappa shape index (κ3) is 6.51. The van der Waals surface area contributed by atoms with Gasteiger partial charge in [-0.3, -0.25) is 4.99 Å². The highest BCUT2D eigenvalue weighted by molar-refractivity contribution is 7.90. The molecule has 0 radical (unpaired) electrons. The lowest BCUT2D eigenvalue weighted by Crippen LogP contribution is -2.37. The number of oxazole rings is 1. The lowest BCUT2D eigenvalue weighted by molar-refractivity contribution is 0.463. The van der Waals surface area contributed by atoms with E-state index in [4.69, 9.17) is 4.42 Å². The van der Waals surface area contributed by atoms with Gasteiger partial charge in [0.1, 0.15) is 5.76 Å². The van der Waals surface area contributed by atoms with E-state index in [-0.39, 0.29) is 11.5 Å². The predicted molar refractivity (Wildman–Crippen MR) is 103 cm³/mol. The number of aryl methyl sites for hydroxylation is 2. The summed E-state index contributed by atoms with van der Waals surface area (Å²) >= 11 is 0. The van der Waals surface area contributed by atoms with Crippen LogP contribution >= 0.6 is 0 Å². The Morgan fingerprint density at radius 3 is 2.54 bits per heavy atom. The lowest BCUT2D eigenvalue weighted by Gasteiger charge is -2.10. The van der Waals surface area contributed by atoms with Crippen molar-refractivity contribution in [2.45, 2.75) is 32.6 Å². The van der Waals surface area contributed by atoms with E-state index >= 15 is 0 Å². The molecule has 0 fully saturated rings.